The number of methoxy groups -OCH3 is 1. The molecular weight excluding hydrogens is 210 g/mol. The van der Waals surface area contributed by atoms with Gasteiger partial charge in [-0.05, 0) is 56.0 Å². The van der Waals surface area contributed by atoms with Crippen molar-refractivity contribution in [2.45, 2.75) is 26.7 Å². The lowest BCUT2D eigenvalue weighted by Gasteiger charge is -2.14. The minimum absolute atomic E-state index is 0.711. The Morgan fingerprint density at radius 2 is 2.07 bits per heavy atom. The summed E-state index contributed by atoms with van der Waals surface area (Å²) < 4.78 is 5.21. The van der Waals surface area contributed by atoms with Gasteiger partial charge in [0.05, 0.1) is 12.1 Å². The maximum atomic E-state index is 6.19. The van der Waals surface area contributed by atoms with Crippen LogP contribution in [0.3, 0.4) is 0 Å². The monoisotopic (exact) mass is 227 g/mol. The van der Waals surface area contributed by atoms with Gasteiger partial charge in [-0.3, -0.25) is 0 Å². The number of nitrogens with two attached hydrogens (primary N) is 1. The predicted molar refractivity (Wildman–Crippen MR) is 64.9 cm³/mol. The molecule has 0 amide bonds. The number of benzene rings is 1. The fourth-order valence-electron chi connectivity index (χ4n) is 1.77. The van der Waals surface area contributed by atoms with E-state index in [1.54, 1.807) is 7.11 Å². The van der Waals surface area contributed by atoms with E-state index >= 15 is 0 Å². The standard InChI is InChI=1S/C12H18ClNO/c1-8-7-11(15-3)12(13)9(2)10(8)5-4-6-14/h7H,4-6,14H2,1-3H3. The fraction of sp³-hybridized carbons (Fsp3) is 0.500. The Hall–Kier alpha value is -0.730. The van der Waals surface area contributed by atoms with Gasteiger partial charge in [0.2, 0.25) is 0 Å². The third-order valence-corrected chi connectivity index (χ3v) is 3.14. The molecule has 0 saturated heterocycles. The van der Waals surface area contributed by atoms with E-state index in [0.29, 0.717) is 6.54 Å². The second-order valence-corrected chi connectivity index (χ2v) is 4.08. The van der Waals surface area contributed by atoms with Crippen LogP contribution < -0.4 is 10.5 Å². The van der Waals surface area contributed by atoms with E-state index in [9.17, 15) is 0 Å². The first-order chi connectivity index (χ1) is 7.11. The van der Waals surface area contributed by atoms with E-state index in [1.807, 2.05) is 13.0 Å². The number of rotatable bonds is 4. The molecular formula is C12H18ClNO. The number of ether oxygens (including phenoxy) is 1. The van der Waals surface area contributed by atoms with Gasteiger partial charge in [-0.25, -0.2) is 0 Å². The Bertz CT molecular complexity index is 350. The SMILES string of the molecule is COc1cc(C)c(CCCN)c(C)c1Cl. The van der Waals surface area contributed by atoms with Crippen molar-refractivity contribution in [3.8, 4) is 5.75 Å². The van der Waals surface area contributed by atoms with Crippen molar-refractivity contribution in [3.63, 3.8) is 0 Å². The van der Waals surface area contributed by atoms with Crippen LogP contribution in [0.15, 0.2) is 6.07 Å². The van der Waals surface area contributed by atoms with Crippen molar-refractivity contribution in [2.75, 3.05) is 13.7 Å². The summed E-state index contributed by atoms with van der Waals surface area (Å²) in [5.74, 6) is 0.753. The molecule has 0 aliphatic rings. The molecule has 2 nitrogen and oxygen atoms in total. The molecule has 0 radical (unpaired) electrons. The van der Waals surface area contributed by atoms with Gasteiger partial charge in [0, 0.05) is 0 Å². The summed E-state index contributed by atoms with van der Waals surface area (Å²) in [6.07, 6.45) is 1.97. The van der Waals surface area contributed by atoms with Crippen LogP contribution in [0.25, 0.3) is 0 Å². The first-order valence-electron chi connectivity index (χ1n) is 5.14. The van der Waals surface area contributed by atoms with Crippen LogP contribution in [0, 0.1) is 13.8 Å². The average Bonchev–Trinajstić information content (AvgIpc) is 2.23. The maximum absolute atomic E-state index is 6.19. The first-order valence-corrected chi connectivity index (χ1v) is 5.52. The topological polar surface area (TPSA) is 35.2 Å². The summed E-state index contributed by atoms with van der Waals surface area (Å²) >= 11 is 6.19. The zero-order chi connectivity index (χ0) is 11.4. The van der Waals surface area contributed by atoms with E-state index in [4.69, 9.17) is 22.1 Å². The Kier molecular flexibility index (Phi) is 4.43. The molecule has 0 fully saturated rings. The van der Waals surface area contributed by atoms with Gasteiger partial charge in [-0.2, -0.15) is 0 Å². The average molecular weight is 228 g/mol. The quantitative estimate of drug-likeness (QED) is 0.859. The van der Waals surface area contributed by atoms with Gasteiger partial charge in [0.15, 0.2) is 0 Å². The lowest BCUT2D eigenvalue weighted by molar-refractivity contribution is 0.414. The molecule has 2 N–H and O–H groups in total. The van der Waals surface area contributed by atoms with Crippen LogP contribution in [0.5, 0.6) is 5.75 Å². The van der Waals surface area contributed by atoms with E-state index in [0.717, 1.165) is 29.2 Å². The molecule has 1 aromatic carbocycles. The molecule has 0 unspecified atom stereocenters. The molecule has 0 aromatic heterocycles. The van der Waals surface area contributed by atoms with Gasteiger partial charge in [0.25, 0.3) is 0 Å². The maximum Gasteiger partial charge on any atom is 0.138 e. The Balaban J connectivity index is 3.11. The minimum Gasteiger partial charge on any atom is -0.495 e. The van der Waals surface area contributed by atoms with Crippen molar-refractivity contribution >= 4 is 11.6 Å². The number of hydrogen-bond donors (Lipinski definition) is 1. The molecule has 0 atom stereocenters. The van der Waals surface area contributed by atoms with Crippen LogP contribution in [0.4, 0.5) is 0 Å². The third-order valence-electron chi connectivity index (χ3n) is 2.67. The Labute approximate surface area is 96.4 Å². The number of halogens is 1. The summed E-state index contributed by atoms with van der Waals surface area (Å²) in [5.41, 5.74) is 9.15. The number of aryl methyl sites for hydroxylation is 1. The number of hydrogen-bond acceptors (Lipinski definition) is 2. The Morgan fingerprint density at radius 1 is 1.40 bits per heavy atom. The highest BCUT2D eigenvalue weighted by Gasteiger charge is 2.11. The zero-order valence-electron chi connectivity index (χ0n) is 9.56. The van der Waals surface area contributed by atoms with Crippen LogP contribution >= 0.6 is 11.6 Å². The normalized spacial score (nSPS) is 10.5. The van der Waals surface area contributed by atoms with Crippen molar-refractivity contribution in [1.82, 2.24) is 0 Å². The van der Waals surface area contributed by atoms with E-state index in [1.165, 1.54) is 11.1 Å². The molecule has 15 heavy (non-hydrogen) atoms. The van der Waals surface area contributed by atoms with E-state index in [-0.39, 0.29) is 0 Å². The Morgan fingerprint density at radius 3 is 2.60 bits per heavy atom. The molecule has 0 saturated carbocycles. The summed E-state index contributed by atoms with van der Waals surface area (Å²) in [4.78, 5) is 0. The van der Waals surface area contributed by atoms with E-state index < -0.39 is 0 Å². The molecule has 1 rings (SSSR count). The molecule has 0 spiro atoms. The summed E-state index contributed by atoms with van der Waals surface area (Å²) in [6.45, 7) is 4.82. The highest BCUT2D eigenvalue weighted by Crippen LogP contribution is 2.32. The van der Waals surface area contributed by atoms with Crippen molar-refractivity contribution in [2.24, 2.45) is 5.73 Å². The van der Waals surface area contributed by atoms with Gasteiger partial charge in [0.1, 0.15) is 5.75 Å². The summed E-state index contributed by atoms with van der Waals surface area (Å²) in [7, 11) is 1.64. The van der Waals surface area contributed by atoms with Crippen molar-refractivity contribution < 1.29 is 4.74 Å². The molecule has 0 bridgehead atoms. The molecule has 3 heteroatoms. The highest BCUT2D eigenvalue weighted by atomic mass is 35.5. The molecule has 0 aliphatic heterocycles. The molecule has 1 aromatic rings. The summed E-state index contributed by atoms with van der Waals surface area (Å²) in [5, 5.41) is 0.718. The smallest absolute Gasteiger partial charge is 0.138 e. The lowest BCUT2D eigenvalue weighted by Crippen LogP contribution is -2.03. The van der Waals surface area contributed by atoms with Crippen LogP contribution in [-0.2, 0) is 6.42 Å². The van der Waals surface area contributed by atoms with E-state index in [2.05, 4.69) is 6.92 Å². The van der Waals surface area contributed by atoms with Gasteiger partial charge in [-0.15, -0.1) is 0 Å². The predicted octanol–water partition coefficient (Wildman–Crippen LogP) is 2.86. The second kappa shape index (κ2) is 5.38. The largest absolute Gasteiger partial charge is 0.495 e. The zero-order valence-corrected chi connectivity index (χ0v) is 10.3. The molecule has 0 aliphatic carbocycles. The van der Waals surface area contributed by atoms with Crippen molar-refractivity contribution in [1.29, 1.82) is 0 Å². The van der Waals surface area contributed by atoms with Crippen molar-refractivity contribution in [3.05, 3.63) is 27.8 Å². The third kappa shape index (κ3) is 2.64. The van der Waals surface area contributed by atoms with Crippen LogP contribution in [-0.4, -0.2) is 13.7 Å². The first kappa shape index (κ1) is 12.3. The second-order valence-electron chi connectivity index (χ2n) is 3.71. The fourth-order valence-corrected chi connectivity index (χ4v) is 2.02. The van der Waals surface area contributed by atoms with Crippen LogP contribution in [0.1, 0.15) is 23.1 Å². The lowest BCUT2D eigenvalue weighted by atomic mass is 9.98. The van der Waals surface area contributed by atoms with Crippen LogP contribution in [0.2, 0.25) is 5.02 Å². The summed E-state index contributed by atoms with van der Waals surface area (Å²) in [6, 6.07) is 1.99. The van der Waals surface area contributed by atoms with Gasteiger partial charge >= 0.3 is 0 Å². The molecule has 84 valence electrons. The highest BCUT2D eigenvalue weighted by molar-refractivity contribution is 6.33. The van der Waals surface area contributed by atoms with Gasteiger partial charge < -0.3 is 10.5 Å². The van der Waals surface area contributed by atoms with Gasteiger partial charge in [-0.1, -0.05) is 11.6 Å². The minimum atomic E-state index is 0.711. The molecule has 0 heterocycles.